The van der Waals surface area contributed by atoms with Crippen LogP contribution in [0.5, 0.6) is 0 Å². The van der Waals surface area contributed by atoms with Crippen LogP contribution in [0.4, 0.5) is 8.78 Å². The summed E-state index contributed by atoms with van der Waals surface area (Å²) < 4.78 is 43.1. The smallest absolute Gasteiger partial charge is 0.217 e. The van der Waals surface area contributed by atoms with Crippen molar-refractivity contribution in [1.29, 1.82) is 0 Å². The fourth-order valence-electron chi connectivity index (χ4n) is 6.44. The molecule has 3 aromatic heterocycles. The lowest BCUT2D eigenvalue weighted by Gasteiger charge is -2.40. The third kappa shape index (κ3) is 5.05. The average molecular weight is 577 g/mol. The lowest BCUT2D eigenvalue weighted by Crippen LogP contribution is -2.54. The number of aromatic nitrogens is 4. The first-order valence-electron chi connectivity index (χ1n) is 14.1. The number of amides is 1. The molecular formula is C31H34F2N6O3. The molecule has 0 spiro atoms. The lowest BCUT2D eigenvalue weighted by molar-refractivity contribution is -0.202. The molecule has 1 saturated heterocycles. The Balaban J connectivity index is 1.30. The second kappa shape index (κ2) is 11.1. The number of hydrogen-bond donors (Lipinski definition) is 2. The van der Waals surface area contributed by atoms with Gasteiger partial charge in [0.2, 0.25) is 5.91 Å². The van der Waals surface area contributed by atoms with E-state index in [4.69, 9.17) is 15.2 Å². The van der Waals surface area contributed by atoms with Crippen LogP contribution in [0.25, 0.3) is 16.8 Å². The SMILES string of the molecule is COC1(c2cc(F)c(-c3ccc4cnc(Cc5cnccc5[C@H]5C[C@@H](N)[C@@H](NC(C)=O)[C@@H](C)C5)n4n3)c(F)c2)COC1. The number of nitrogens with two attached hydrogens (primary N) is 1. The Labute approximate surface area is 242 Å². The zero-order valence-electron chi connectivity index (χ0n) is 23.8. The Morgan fingerprint density at radius 1 is 1.19 bits per heavy atom. The van der Waals surface area contributed by atoms with Crippen LogP contribution < -0.4 is 11.1 Å². The molecule has 1 aliphatic carbocycles. The summed E-state index contributed by atoms with van der Waals surface area (Å²) in [5.41, 5.74) is 8.82. The number of carbonyl (C=O) groups excluding carboxylic acids is 1. The van der Waals surface area contributed by atoms with Gasteiger partial charge in [-0.1, -0.05) is 6.92 Å². The van der Waals surface area contributed by atoms with Crippen molar-refractivity contribution in [3.63, 3.8) is 0 Å². The molecular weight excluding hydrogens is 542 g/mol. The van der Waals surface area contributed by atoms with Crippen LogP contribution in [0.15, 0.2) is 48.9 Å². The number of ether oxygens (including phenoxy) is 2. The van der Waals surface area contributed by atoms with E-state index in [1.807, 2.05) is 12.3 Å². The number of rotatable bonds is 7. The Hall–Kier alpha value is -3.80. The average Bonchev–Trinajstić information content (AvgIpc) is 3.32. The fourth-order valence-corrected chi connectivity index (χ4v) is 6.44. The zero-order chi connectivity index (χ0) is 29.6. The summed E-state index contributed by atoms with van der Waals surface area (Å²) in [6, 6.07) is 7.69. The molecule has 6 rings (SSSR count). The molecule has 3 N–H and O–H groups in total. The summed E-state index contributed by atoms with van der Waals surface area (Å²) in [7, 11) is 1.50. The van der Waals surface area contributed by atoms with Crippen molar-refractivity contribution in [3.8, 4) is 11.3 Å². The highest BCUT2D eigenvalue weighted by Gasteiger charge is 2.42. The molecule has 1 aromatic carbocycles. The second-order valence-electron chi connectivity index (χ2n) is 11.5. The number of benzene rings is 1. The third-order valence-electron chi connectivity index (χ3n) is 8.73. The highest BCUT2D eigenvalue weighted by atomic mass is 19.1. The van der Waals surface area contributed by atoms with Gasteiger partial charge in [-0.3, -0.25) is 9.78 Å². The number of halogens is 2. The van der Waals surface area contributed by atoms with E-state index in [1.54, 1.807) is 29.0 Å². The van der Waals surface area contributed by atoms with Crippen molar-refractivity contribution in [3.05, 3.63) is 83.1 Å². The van der Waals surface area contributed by atoms with E-state index in [1.165, 1.54) is 26.2 Å². The Kier molecular flexibility index (Phi) is 7.50. The Bertz CT molecular complexity index is 1600. The van der Waals surface area contributed by atoms with Gasteiger partial charge in [0.05, 0.1) is 36.2 Å². The molecule has 1 amide bonds. The molecule has 4 heterocycles. The molecule has 9 nitrogen and oxygen atoms in total. The number of nitrogens with zero attached hydrogens (tertiary/aromatic N) is 4. The highest BCUT2D eigenvalue weighted by Crippen LogP contribution is 2.38. The van der Waals surface area contributed by atoms with Crippen molar-refractivity contribution in [2.75, 3.05) is 20.3 Å². The van der Waals surface area contributed by atoms with Gasteiger partial charge in [0.15, 0.2) is 0 Å². The summed E-state index contributed by atoms with van der Waals surface area (Å²) in [6.07, 6.45) is 7.29. The molecule has 220 valence electrons. The van der Waals surface area contributed by atoms with Crippen LogP contribution in [0.3, 0.4) is 0 Å². The first kappa shape index (κ1) is 28.3. The second-order valence-corrected chi connectivity index (χ2v) is 11.5. The van der Waals surface area contributed by atoms with E-state index in [-0.39, 0.29) is 54.3 Å². The van der Waals surface area contributed by atoms with E-state index in [2.05, 4.69) is 27.3 Å². The molecule has 2 aliphatic rings. The van der Waals surface area contributed by atoms with Crippen LogP contribution in [-0.4, -0.2) is 57.9 Å². The predicted octanol–water partition coefficient (Wildman–Crippen LogP) is 3.88. The van der Waals surface area contributed by atoms with Gasteiger partial charge < -0.3 is 20.5 Å². The van der Waals surface area contributed by atoms with Gasteiger partial charge in [0, 0.05) is 44.9 Å². The van der Waals surface area contributed by atoms with Crippen LogP contribution in [0.1, 0.15) is 55.1 Å². The summed E-state index contributed by atoms with van der Waals surface area (Å²) in [4.78, 5) is 20.6. The number of pyridine rings is 1. The fraction of sp³-hybridized carbons (Fsp3) is 0.419. The van der Waals surface area contributed by atoms with E-state index in [9.17, 15) is 4.79 Å². The number of fused-ring (bicyclic) bond motifs is 1. The molecule has 1 aliphatic heterocycles. The molecule has 4 atom stereocenters. The van der Waals surface area contributed by atoms with Crippen molar-refractivity contribution in [2.24, 2.45) is 11.7 Å². The first-order valence-corrected chi connectivity index (χ1v) is 14.1. The first-order chi connectivity index (χ1) is 20.2. The Morgan fingerprint density at radius 2 is 1.95 bits per heavy atom. The predicted molar refractivity (Wildman–Crippen MR) is 152 cm³/mol. The molecule has 0 radical (unpaired) electrons. The van der Waals surface area contributed by atoms with Gasteiger partial charge in [-0.05, 0) is 71.7 Å². The van der Waals surface area contributed by atoms with Crippen LogP contribution >= 0.6 is 0 Å². The van der Waals surface area contributed by atoms with Crippen molar-refractivity contribution in [1.82, 2.24) is 24.9 Å². The van der Waals surface area contributed by atoms with Crippen LogP contribution in [0.2, 0.25) is 0 Å². The number of hydrogen-bond acceptors (Lipinski definition) is 7. The minimum Gasteiger partial charge on any atom is -0.375 e. The normalized spacial score (nSPS) is 23.5. The maximum Gasteiger partial charge on any atom is 0.217 e. The van der Waals surface area contributed by atoms with E-state index < -0.39 is 17.2 Å². The summed E-state index contributed by atoms with van der Waals surface area (Å²) >= 11 is 0. The molecule has 1 saturated carbocycles. The van der Waals surface area contributed by atoms with Gasteiger partial charge in [-0.2, -0.15) is 5.10 Å². The lowest BCUT2D eigenvalue weighted by atomic mass is 9.72. The molecule has 42 heavy (non-hydrogen) atoms. The maximum atomic E-state index is 15.4. The number of methoxy groups -OCH3 is 1. The monoisotopic (exact) mass is 576 g/mol. The number of nitrogens with one attached hydrogen (secondary N) is 1. The molecule has 11 heteroatoms. The van der Waals surface area contributed by atoms with Crippen LogP contribution in [0, 0.1) is 17.6 Å². The maximum absolute atomic E-state index is 15.4. The molecule has 0 unspecified atom stereocenters. The van der Waals surface area contributed by atoms with Gasteiger partial charge in [-0.15, -0.1) is 0 Å². The number of carbonyl (C=O) groups is 1. The minimum absolute atomic E-state index is 0.0696. The molecule has 2 fully saturated rings. The molecule has 0 bridgehead atoms. The van der Waals surface area contributed by atoms with Crippen molar-refractivity contribution >= 4 is 11.4 Å². The topological polar surface area (TPSA) is 117 Å². The zero-order valence-corrected chi connectivity index (χ0v) is 23.8. The third-order valence-corrected chi connectivity index (χ3v) is 8.73. The van der Waals surface area contributed by atoms with E-state index >= 15 is 8.78 Å². The number of imidazole rings is 1. The van der Waals surface area contributed by atoms with Crippen LogP contribution in [-0.2, 0) is 26.3 Å². The largest absolute Gasteiger partial charge is 0.375 e. The quantitative estimate of drug-likeness (QED) is 0.343. The summed E-state index contributed by atoms with van der Waals surface area (Å²) in [6.45, 7) is 4.10. The van der Waals surface area contributed by atoms with E-state index in [0.29, 0.717) is 23.3 Å². The summed E-state index contributed by atoms with van der Waals surface area (Å²) in [5, 5.41) is 7.62. The molecule has 4 aromatic rings. The standard InChI is InChI=1S/C31H34F2N6O3/c1-17-8-19(9-26(34)30(17)37-18(2)40)23-6-7-35-13-20(23)10-28-36-14-22-4-5-27(38-39(22)28)29-24(32)11-21(12-25(29)33)31(41-3)15-42-16-31/h4-7,11-14,17,19,26,30H,8-10,15-16,34H2,1-3H3,(H,37,40)/t17-,19+,26+,30-/m0/s1. The van der Waals surface area contributed by atoms with Gasteiger partial charge in [-0.25, -0.2) is 18.3 Å². The van der Waals surface area contributed by atoms with Gasteiger partial charge in [0.1, 0.15) is 23.1 Å². The van der Waals surface area contributed by atoms with E-state index in [0.717, 1.165) is 24.0 Å². The Morgan fingerprint density at radius 3 is 2.60 bits per heavy atom. The summed E-state index contributed by atoms with van der Waals surface area (Å²) in [5.74, 6) is -0.523. The highest BCUT2D eigenvalue weighted by molar-refractivity contribution is 5.73. The van der Waals surface area contributed by atoms with Crippen molar-refractivity contribution in [2.45, 2.75) is 56.7 Å². The minimum atomic E-state index is -0.846. The van der Waals surface area contributed by atoms with Crippen molar-refractivity contribution < 1.29 is 23.0 Å². The van der Waals surface area contributed by atoms with Gasteiger partial charge >= 0.3 is 0 Å². The van der Waals surface area contributed by atoms with Gasteiger partial charge in [0.25, 0.3) is 0 Å².